The molecule has 1 aliphatic heterocycles. The molecule has 34 heavy (non-hydrogen) atoms. The summed E-state index contributed by atoms with van der Waals surface area (Å²) in [5, 5.41) is 9.96. The molecule has 174 valence electrons. The van der Waals surface area contributed by atoms with Crippen molar-refractivity contribution >= 4 is 11.8 Å². The van der Waals surface area contributed by atoms with Crippen LogP contribution < -0.4 is 5.32 Å². The minimum atomic E-state index is -4.52. The molecule has 0 saturated heterocycles. The average molecular weight is 465 g/mol. The first kappa shape index (κ1) is 22.0. The molecule has 3 heterocycles. The van der Waals surface area contributed by atoms with Crippen molar-refractivity contribution in [2.24, 2.45) is 0 Å². The molecule has 0 atom stereocenters. The standard InChI is InChI=1S/C24H22F3N7/c1-15-28-23(33-32-15)31-22-18-14-34(13-16-7-3-2-4-8-16)12-11-20(18)29-21(30-22)17-9-5-6-10-19(17)24(25,26)27/h2-10H,11-14H2,1H3,(H2,28,29,30,31,32,33). The molecule has 2 N–H and O–H groups in total. The lowest BCUT2D eigenvalue weighted by Gasteiger charge is -2.29. The molecule has 0 amide bonds. The van der Waals surface area contributed by atoms with Crippen LogP contribution in [-0.2, 0) is 25.7 Å². The topological polar surface area (TPSA) is 82.6 Å². The van der Waals surface area contributed by atoms with Crippen LogP contribution >= 0.6 is 0 Å². The summed E-state index contributed by atoms with van der Waals surface area (Å²) >= 11 is 0. The summed E-state index contributed by atoms with van der Waals surface area (Å²) in [4.78, 5) is 15.6. The quantitative estimate of drug-likeness (QED) is 0.437. The van der Waals surface area contributed by atoms with Gasteiger partial charge in [0.15, 0.2) is 5.82 Å². The third kappa shape index (κ3) is 4.62. The molecule has 2 aromatic heterocycles. The highest BCUT2D eigenvalue weighted by molar-refractivity contribution is 5.66. The van der Waals surface area contributed by atoms with E-state index in [1.54, 1.807) is 13.0 Å². The van der Waals surface area contributed by atoms with Gasteiger partial charge in [-0.1, -0.05) is 48.5 Å². The molecule has 0 unspecified atom stereocenters. The zero-order chi connectivity index (χ0) is 23.7. The van der Waals surface area contributed by atoms with E-state index in [1.165, 1.54) is 17.7 Å². The summed E-state index contributed by atoms with van der Waals surface area (Å²) < 4.78 is 41.0. The van der Waals surface area contributed by atoms with E-state index in [-0.39, 0.29) is 11.4 Å². The molecule has 5 rings (SSSR count). The number of aromatic nitrogens is 5. The van der Waals surface area contributed by atoms with E-state index >= 15 is 0 Å². The molecular formula is C24H22F3N7. The number of hydrogen-bond acceptors (Lipinski definition) is 6. The second kappa shape index (κ2) is 8.86. The molecule has 0 bridgehead atoms. The number of halogens is 3. The van der Waals surface area contributed by atoms with E-state index in [2.05, 4.69) is 47.5 Å². The lowest BCUT2D eigenvalue weighted by Crippen LogP contribution is -2.31. The molecule has 2 aromatic carbocycles. The first-order chi connectivity index (χ1) is 16.4. The van der Waals surface area contributed by atoms with Gasteiger partial charge in [0, 0.05) is 37.2 Å². The number of hydrogen-bond donors (Lipinski definition) is 2. The van der Waals surface area contributed by atoms with Crippen LogP contribution in [0.3, 0.4) is 0 Å². The number of aryl methyl sites for hydroxylation is 1. The Bertz CT molecular complexity index is 1300. The van der Waals surface area contributed by atoms with Gasteiger partial charge in [-0.15, -0.1) is 5.10 Å². The highest BCUT2D eigenvalue weighted by Gasteiger charge is 2.34. The van der Waals surface area contributed by atoms with Crippen LogP contribution in [0.4, 0.5) is 24.9 Å². The zero-order valence-electron chi connectivity index (χ0n) is 18.4. The van der Waals surface area contributed by atoms with Crippen LogP contribution in [-0.4, -0.2) is 36.6 Å². The van der Waals surface area contributed by atoms with Gasteiger partial charge >= 0.3 is 6.18 Å². The molecule has 1 aliphatic rings. The SMILES string of the molecule is Cc1nc(Nc2nc(-c3ccccc3C(F)(F)F)nc3c2CN(Cc2ccccc2)CC3)n[nH]1. The van der Waals surface area contributed by atoms with Crippen LogP contribution in [0.25, 0.3) is 11.4 Å². The number of alkyl halides is 3. The summed E-state index contributed by atoms with van der Waals surface area (Å²) in [6.07, 6.45) is -3.93. The smallest absolute Gasteiger partial charge is 0.307 e. The number of nitrogens with one attached hydrogen (secondary N) is 2. The Kier molecular flexibility index (Phi) is 5.74. The second-order valence-corrected chi connectivity index (χ2v) is 8.18. The fraction of sp³-hybridized carbons (Fsp3) is 0.250. The lowest BCUT2D eigenvalue weighted by atomic mass is 10.0. The lowest BCUT2D eigenvalue weighted by molar-refractivity contribution is -0.137. The van der Waals surface area contributed by atoms with E-state index in [4.69, 9.17) is 0 Å². The second-order valence-electron chi connectivity index (χ2n) is 8.18. The number of H-pyrrole nitrogens is 1. The zero-order valence-corrected chi connectivity index (χ0v) is 18.4. The third-order valence-corrected chi connectivity index (χ3v) is 5.69. The van der Waals surface area contributed by atoms with E-state index < -0.39 is 11.7 Å². The van der Waals surface area contributed by atoms with Gasteiger partial charge in [0.1, 0.15) is 11.6 Å². The molecule has 0 radical (unpaired) electrons. The molecule has 0 aliphatic carbocycles. The van der Waals surface area contributed by atoms with Crippen molar-refractivity contribution in [3.05, 3.63) is 82.8 Å². The van der Waals surface area contributed by atoms with Crippen molar-refractivity contribution in [1.29, 1.82) is 0 Å². The largest absolute Gasteiger partial charge is 0.417 e. The van der Waals surface area contributed by atoms with Gasteiger partial charge in [-0.2, -0.15) is 18.2 Å². The van der Waals surface area contributed by atoms with E-state index in [0.29, 0.717) is 30.6 Å². The molecule has 0 spiro atoms. The van der Waals surface area contributed by atoms with Gasteiger partial charge in [-0.3, -0.25) is 10.00 Å². The van der Waals surface area contributed by atoms with E-state index in [9.17, 15) is 13.2 Å². The fourth-order valence-electron chi connectivity index (χ4n) is 4.10. The number of nitrogens with zero attached hydrogens (tertiary/aromatic N) is 5. The summed E-state index contributed by atoms with van der Waals surface area (Å²) in [6.45, 7) is 3.80. The monoisotopic (exact) mass is 465 g/mol. The van der Waals surface area contributed by atoms with Crippen molar-refractivity contribution in [3.63, 3.8) is 0 Å². The van der Waals surface area contributed by atoms with Crippen molar-refractivity contribution in [3.8, 4) is 11.4 Å². The predicted molar refractivity (Wildman–Crippen MR) is 121 cm³/mol. The van der Waals surface area contributed by atoms with Gasteiger partial charge in [0.25, 0.3) is 0 Å². The number of fused-ring (bicyclic) bond motifs is 1. The Morgan fingerprint density at radius 1 is 1.00 bits per heavy atom. The highest BCUT2D eigenvalue weighted by atomic mass is 19.4. The average Bonchev–Trinajstić information content (AvgIpc) is 3.24. The van der Waals surface area contributed by atoms with Crippen molar-refractivity contribution < 1.29 is 13.2 Å². The maximum absolute atomic E-state index is 13.7. The maximum atomic E-state index is 13.7. The summed E-state index contributed by atoms with van der Waals surface area (Å²) in [7, 11) is 0. The van der Waals surface area contributed by atoms with Gasteiger partial charge in [-0.25, -0.2) is 9.97 Å². The third-order valence-electron chi connectivity index (χ3n) is 5.69. The molecule has 0 saturated carbocycles. The highest BCUT2D eigenvalue weighted by Crippen LogP contribution is 2.37. The minimum absolute atomic E-state index is 0.0259. The van der Waals surface area contributed by atoms with Crippen molar-refractivity contribution in [1.82, 2.24) is 30.0 Å². The number of anilines is 2. The number of aromatic amines is 1. The van der Waals surface area contributed by atoms with Crippen LogP contribution in [0.1, 0.15) is 28.2 Å². The predicted octanol–water partition coefficient (Wildman–Crippen LogP) is 4.89. The normalized spacial score (nSPS) is 14.1. The van der Waals surface area contributed by atoms with Crippen molar-refractivity contribution in [2.45, 2.75) is 32.6 Å². The minimum Gasteiger partial charge on any atom is -0.307 e. The molecular weight excluding hydrogens is 443 g/mol. The van der Waals surface area contributed by atoms with Crippen LogP contribution in [0, 0.1) is 6.92 Å². The van der Waals surface area contributed by atoms with Crippen LogP contribution in [0.2, 0.25) is 0 Å². The van der Waals surface area contributed by atoms with Gasteiger partial charge in [-0.05, 0) is 18.6 Å². The van der Waals surface area contributed by atoms with E-state index in [0.717, 1.165) is 30.4 Å². The molecule has 10 heteroatoms. The van der Waals surface area contributed by atoms with Gasteiger partial charge in [0.05, 0.1) is 11.3 Å². The summed E-state index contributed by atoms with van der Waals surface area (Å²) in [5.74, 6) is 1.35. The summed E-state index contributed by atoms with van der Waals surface area (Å²) in [5.41, 5.74) is 1.91. The Balaban J connectivity index is 1.55. The maximum Gasteiger partial charge on any atom is 0.417 e. The van der Waals surface area contributed by atoms with Crippen LogP contribution in [0.5, 0.6) is 0 Å². The van der Waals surface area contributed by atoms with Crippen molar-refractivity contribution in [2.75, 3.05) is 11.9 Å². The molecule has 0 fully saturated rings. The fourth-order valence-corrected chi connectivity index (χ4v) is 4.10. The Morgan fingerprint density at radius 3 is 2.50 bits per heavy atom. The van der Waals surface area contributed by atoms with Gasteiger partial charge < -0.3 is 5.32 Å². The number of benzene rings is 2. The Hall–Kier alpha value is -3.79. The number of rotatable bonds is 5. The first-order valence-electron chi connectivity index (χ1n) is 10.9. The first-order valence-corrected chi connectivity index (χ1v) is 10.9. The summed E-state index contributed by atoms with van der Waals surface area (Å²) in [6, 6.07) is 15.5. The Labute approximate surface area is 194 Å². The van der Waals surface area contributed by atoms with E-state index in [1.807, 2.05) is 18.2 Å². The van der Waals surface area contributed by atoms with Gasteiger partial charge in [0.2, 0.25) is 5.95 Å². The Morgan fingerprint density at radius 2 is 1.76 bits per heavy atom. The molecule has 7 nitrogen and oxygen atoms in total. The van der Waals surface area contributed by atoms with Crippen LogP contribution in [0.15, 0.2) is 54.6 Å². The molecule has 4 aromatic rings.